The molecule has 1 amide bonds. The molecule has 0 saturated carbocycles. The molecule has 0 unspecified atom stereocenters. The Morgan fingerprint density at radius 3 is 2.83 bits per heavy atom. The van der Waals surface area contributed by atoms with E-state index in [1.54, 1.807) is 19.3 Å². The van der Waals surface area contributed by atoms with Gasteiger partial charge in [0.1, 0.15) is 11.4 Å². The fourth-order valence-corrected chi connectivity index (χ4v) is 2.85. The van der Waals surface area contributed by atoms with Crippen LogP contribution in [0.5, 0.6) is 0 Å². The maximum atomic E-state index is 12.5. The summed E-state index contributed by atoms with van der Waals surface area (Å²) in [6.45, 7) is 2.29. The number of aromatic amines is 1. The molecule has 1 fully saturated rings. The van der Waals surface area contributed by atoms with Crippen LogP contribution in [-0.4, -0.2) is 50.1 Å². The molecule has 0 aliphatic carbocycles. The molecule has 0 spiro atoms. The van der Waals surface area contributed by atoms with Crippen LogP contribution in [0.25, 0.3) is 0 Å². The Morgan fingerprint density at radius 2 is 2.13 bits per heavy atom. The van der Waals surface area contributed by atoms with E-state index in [0.29, 0.717) is 18.8 Å². The molecule has 1 saturated heterocycles. The molecule has 2 aromatic heterocycles. The standard InChI is InChI=1S/C16H18N4O3/c1-10-18-7-13(15(22)19-10)16(23)20-8-12(14(21)9-20)6-11-2-4-17-5-3-11/h2-5,7,12,14,21H,6,8-9H2,1H3,(H,18,19,22)/t12-,14-/m1/s1. The summed E-state index contributed by atoms with van der Waals surface area (Å²) in [6, 6.07) is 3.79. The topological polar surface area (TPSA) is 99.2 Å². The maximum Gasteiger partial charge on any atom is 0.263 e. The van der Waals surface area contributed by atoms with Crippen LogP contribution in [0, 0.1) is 12.8 Å². The van der Waals surface area contributed by atoms with Crippen molar-refractivity contribution in [3.05, 3.63) is 58.0 Å². The molecular weight excluding hydrogens is 296 g/mol. The Bertz CT molecular complexity index is 759. The van der Waals surface area contributed by atoms with Gasteiger partial charge in [-0.2, -0.15) is 0 Å². The number of likely N-dealkylation sites (tertiary alicyclic amines) is 1. The van der Waals surface area contributed by atoms with Gasteiger partial charge in [-0.3, -0.25) is 14.6 Å². The average Bonchev–Trinajstić information content (AvgIpc) is 2.89. The lowest BCUT2D eigenvalue weighted by molar-refractivity contribution is 0.0762. The lowest BCUT2D eigenvalue weighted by Gasteiger charge is -2.15. The molecule has 2 atom stereocenters. The summed E-state index contributed by atoms with van der Waals surface area (Å²) in [5, 5.41) is 10.2. The van der Waals surface area contributed by atoms with Crippen LogP contribution in [0.1, 0.15) is 21.7 Å². The number of pyridine rings is 1. The molecule has 23 heavy (non-hydrogen) atoms. The second-order valence-electron chi connectivity index (χ2n) is 5.81. The molecule has 3 rings (SSSR count). The van der Waals surface area contributed by atoms with Crippen LogP contribution in [0.4, 0.5) is 0 Å². The molecule has 7 nitrogen and oxygen atoms in total. The predicted molar refractivity (Wildman–Crippen MR) is 82.9 cm³/mol. The van der Waals surface area contributed by atoms with E-state index in [1.807, 2.05) is 12.1 Å². The number of carbonyl (C=O) groups is 1. The highest BCUT2D eigenvalue weighted by molar-refractivity contribution is 5.93. The van der Waals surface area contributed by atoms with Crippen LogP contribution in [0.15, 0.2) is 35.5 Å². The summed E-state index contributed by atoms with van der Waals surface area (Å²) in [6.07, 6.45) is 4.76. The van der Waals surface area contributed by atoms with Gasteiger partial charge in [0.2, 0.25) is 0 Å². The first kappa shape index (κ1) is 15.4. The summed E-state index contributed by atoms with van der Waals surface area (Å²) < 4.78 is 0. The van der Waals surface area contributed by atoms with Gasteiger partial charge in [-0.15, -0.1) is 0 Å². The monoisotopic (exact) mass is 314 g/mol. The number of H-pyrrole nitrogens is 1. The number of rotatable bonds is 3. The predicted octanol–water partition coefficient (Wildman–Crippen LogP) is 0.149. The van der Waals surface area contributed by atoms with Crippen LogP contribution in [-0.2, 0) is 6.42 Å². The van der Waals surface area contributed by atoms with Crippen molar-refractivity contribution in [2.75, 3.05) is 13.1 Å². The van der Waals surface area contributed by atoms with Crippen molar-refractivity contribution >= 4 is 5.91 Å². The third kappa shape index (κ3) is 3.29. The van der Waals surface area contributed by atoms with Crippen molar-refractivity contribution in [2.45, 2.75) is 19.4 Å². The molecule has 1 aliphatic heterocycles. The van der Waals surface area contributed by atoms with Crippen molar-refractivity contribution < 1.29 is 9.90 Å². The van der Waals surface area contributed by atoms with E-state index in [0.717, 1.165) is 5.56 Å². The number of nitrogens with zero attached hydrogens (tertiary/aromatic N) is 3. The van der Waals surface area contributed by atoms with E-state index in [1.165, 1.54) is 11.1 Å². The molecule has 120 valence electrons. The first-order chi connectivity index (χ1) is 11.0. The molecule has 2 N–H and O–H groups in total. The number of carbonyl (C=O) groups excluding carboxylic acids is 1. The Morgan fingerprint density at radius 1 is 1.39 bits per heavy atom. The smallest absolute Gasteiger partial charge is 0.263 e. The highest BCUT2D eigenvalue weighted by atomic mass is 16.3. The lowest BCUT2D eigenvalue weighted by Crippen LogP contribution is -2.34. The molecule has 1 aliphatic rings. The quantitative estimate of drug-likeness (QED) is 0.840. The number of aromatic nitrogens is 3. The fraction of sp³-hybridized carbons (Fsp3) is 0.375. The molecule has 0 radical (unpaired) electrons. The van der Waals surface area contributed by atoms with Crippen LogP contribution in [0.2, 0.25) is 0 Å². The first-order valence-electron chi connectivity index (χ1n) is 7.47. The largest absolute Gasteiger partial charge is 0.391 e. The van der Waals surface area contributed by atoms with Crippen LogP contribution >= 0.6 is 0 Å². The minimum Gasteiger partial charge on any atom is -0.391 e. The van der Waals surface area contributed by atoms with Gasteiger partial charge in [-0.1, -0.05) is 0 Å². The van der Waals surface area contributed by atoms with Gasteiger partial charge in [-0.25, -0.2) is 4.98 Å². The highest BCUT2D eigenvalue weighted by Gasteiger charge is 2.35. The lowest BCUT2D eigenvalue weighted by atomic mass is 9.97. The van der Waals surface area contributed by atoms with Crippen molar-refractivity contribution in [3.8, 4) is 0 Å². The highest BCUT2D eigenvalue weighted by Crippen LogP contribution is 2.22. The average molecular weight is 314 g/mol. The Kier molecular flexibility index (Phi) is 4.20. The number of aliphatic hydroxyl groups excluding tert-OH is 1. The summed E-state index contributed by atoms with van der Waals surface area (Å²) in [4.78, 5) is 36.3. The van der Waals surface area contributed by atoms with Crippen LogP contribution in [0.3, 0.4) is 0 Å². The van der Waals surface area contributed by atoms with Crippen LogP contribution < -0.4 is 5.56 Å². The molecule has 0 aromatic carbocycles. The SMILES string of the molecule is Cc1ncc(C(=O)N2C[C@@H](Cc3ccncc3)[C@H](O)C2)c(=O)[nH]1. The van der Waals surface area contributed by atoms with E-state index in [-0.39, 0.29) is 18.0 Å². The molecular formula is C16H18N4O3. The van der Waals surface area contributed by atoms with E-state index in [2.05, 4.69) is 15.0 Å². The third-order valence-corrected chi connectivity index (χ3v) is 4.10. The van der Waals surface area contributed by atoms with Crippen molar-refractivity contribution in [1.29, 1.82) is 0 Å². The Hall–Kier alpha value is -2.54. The molecule has 3 heterocycles. The summed E-state index contributed by atoms with van der Waals surface area (Å²) in [7, 11) is 0. The summed E-state index contributed by atoms with van der Waals surface area (Å²) in [5.41, 5.74) is 0.620. The number of β-amino-alcohol motifs (C(OH)–C–C–N with tert-alkyl or cyclic N) is 1. The zero-order valence-corrected chi connectivity index (χ0v) is 12.8. The number of nitrogens with one attached hydrogen (secondary N) is 1. The number of aryl methyl sites for hydroxylation is 1. The van der Waals surface area contributed by atoms with E-state index >= 15 is 0 Å². The number of hydrogen-bond acceptors (Lipinski definition) is 5. The number of amides is 1. The minimum atomic E-state index is -0.607. The zero-order chi connectivity index (χ0) is 16.4. The summed E-state index contributed by atoms with van der Waals surface area (Å²) >= 11 is 0. The van der Waals surface area contributed by atoms with Gasteiger partial charge < -0.3 is 15.0 Å². The number of aliphatic hydroxyl groups is 1. The Labute approximate surface area is 133 Å². The van der Waals surface area contributed by atoms with E-state index < -0.39 is 17.6 Å². The zero-order valence-electron chi connectivity index (χ0n) is 12.8. The summed E-state index contributed by atoms with van der Waals surface area (Å²) in [5.74, 6) is 0.0115. The molecule has 7 heteroatoms. The van der Waals surface area contributed by atoms with Gasteiger partial charge in [-0.05, 0) is 31.0 Å². The van der Waals surface area contributed by atoms with Crippen molar-refractivity contribution in [3.63, 3.8) is 0 Å². The minimum absolute atomic E-state index is 0.00682. The van der Waals surface area contributed by atoms with E-state index in [9.17, 15) is 14.7 Å². The molecule has 0 bridgehead atoms. The second kappa shape index (κ2) is 6.29. The maximum absolute atomic E-state index is 12.5. The molecule has 2 aromatic rings. The van der Waals surface area contributed by atoms with Gasteiger partial charge in [0.25, 0.3) is 11.5 Å². The fourth-order valence-electron chi connectivity index (χ4n) is 2.85. The number of hydrogen-bond donors (Lipinski definition) is 2. The second-order valence-corrected chi connectivity index (χ2v) is 5.81. The van der Waals surface area contributed by atoms with Gasteiger partial charge in [0.05, 0.1) is 6.10 Å². The van der Waals surface area contributed by atoms with Crippen molar-refractivity contribution in [1.82, 2.24) is 19.9 Å². The normalized spacial score (nSPS) is 20.7. The van der Waals surface area contributed by atoms with Gasteiger partial charge in [0.15, 0.2) is 0 Å². The van der Waals surface area contributed by atoms with Gasteiger partial charge in [0, 0.05) is 37.6 Å². The van der Waals surface area contributed by atoms with Crippen molar-refractivity contribution in [2.24, 2.45) is 5.92 Å². The van der Waals surface area contributed by atoms with Gasteiger partial charge >= 0.3 is 0 Å². The third-order valence-electron chi connectivity index (χ3n) is 4.10. The first-order valence-corrected chi connectivity index (χ1v) is 7.47. The Balaban J connectivity index is 1.73. The van der Waals surface area contributed by atoms with E-state index in [4.69, 9.17) is 0 Å².